The predicted molar refractivity (Wildman–Crippen MR) is 120 cm³/mol. The van der Waals surface area contributed by atoms with Crippen LogP contribution in [0.25, 0.3) is 0 Å². The molecule has 33 heavy (non-hydrogen) atoms. The summed E-state index contributed by atoms with van der Waals surface area (Å²) >= 11 is 0. The van der Waals surface area contributed by atoms with Crippen LogP contribution in [0.5, 0.6) is 0 Å². The number of anilines is 1. The van der Waals surface area contributed by atoms with Gasteiger partial charge >= 0.3 is 0 Å². The summed E-state index contributed by atoms with van der Waals surface area (Å²) in [5.41, 5.74) is 4.30. The third-order valence-electron chi connectivity index (χ3n) is 5.97. The van der Waals surface area contributed by atoms with Gasteiger partial charge in [0.25, 0.3) is 23.3 Å². The molecule has 0 aliphatic carbocycles. The van der Waals surface area contributed by atoms with Crippen molar-refractivity contribution in [2.75, 3.05) is 18.4 Å². The second kappa shape index (κ2) is 8.34. The number of hydrogen-bond donors (Lipinski definition) is 3. The molecule has 0 spiro atoms. The van der Waals surface area contributed by atoms with Crippen LogP contribution >= 0.6 is 0 Å². The van der Waals surface area contributed by atoms with Gasteiger partial charge in [0, 0.05) is 42.5 Å². The van der Waals surface area contributed by atoms with Crippen molar-refractivity contribution in [3.05, 3.63) is 92.4 Å². The van der Waals surface area contributed by atoms with Crippen LogP contribution in [0.3, 0.4) is 0 Å². The fourth-order valence-electron chi connectivity index (χ4n) is 4.24. The molecule has 3 amide bonds. The van der Waals surface area contributed by atoms with Gasteiger partial charge in [-0.3, -0.25) is 19.2 Å². The van der Waals surface area contributed by atoms with Crippen LogP contribution in [0.1, 0.15) is 47.8 Å². The highest BCUT2D eigenvalue weighted by Gasteiger charge is 2.23. The summed E-state index contributed by atoms with van der Waals surface area (Å²) in [5, 5.41) is 11.6. The van der Waals surface area contributed by atoms with E-state index in [9.17, 15) is 19.2 Å². The maximum Gasteiger partial charge on any atom is 0.264 e. The molecular weight excluding hydrogens is 422 g/mol. The lowest BCUT2D eigenvalue weighted by atomic mass is 9.96. The molecule has 3 heterocycles. The molecule has 0 fully saturated rings. The second-order valence-electron chi connectivity index (χ2n) is 8.13. The number of carbonyl (C=O) groups excluding carboxylic acids is 3. The third kappa shape index (κ3) is 4.12. The lowest BCUT2D eigenvalue weighted by molar-refractivity contribution is 0.0733. The van der Waals surface area contributed by atoms with Crippen LogP contribution in [0, 0.1) is 0 Å². The molecule has 0 atom stereocenters. The molecule has 2 aromatic carbocycles. The first kappa shape index (κ1) is 20.6. The van der Waals surface area contributed by atoms with Crippen LogP contribution < -0.4 is 16.2 Å². The van der Waals surface area contributed by atoms with Crippen molar-refractivity contribution in [3.63, 3.8) is 0 Å². The molecule has 2 aliphatic heterocycles. The largest absolute Gasteiger partial charge is 0.352 e. The average Bonchev–Trinajstić information content (AvgIpc) is 2.83. The Balaban J connectivity index is 1.33. The fourth-order valence-corrected chi connectivity index (χ4v) is 4.24. The minimum atomic E-state index is -0.433. The number of rotatable bonds is 3. The zero-order valence-electron chi connectivity index (χ0n) is 17.7. The van der Waals surface area contributed by atoms with Crippen molar-refractivity contribution in [2.45, 2.75) is 19.4 Å². The van der Waals surface area contributed by atoms with Gasteiger partial charge in [0.1, 0.15) is 0 Å². The van der Waals surface area contributed by atoms with Crippen LogP contribution in [0.2, 0.25) is 0 Å². The van der Waals surface area contributed by atoms with E-state index in [1.165, 1.54) is 12.3 Å². The van der Waals surface area contributed by atoms with Crippen LogP contribution in [-0.2, 0) is 19.4 Å². The predicted octanol–water partition coefficient (Wildman–Crippen LogP) is 1.51. The van der Waals surface area contributed by atoms with E-state index < -0.39 is 5.56 Å². The van der Waals surface area contributed by atoms with Crippen molar-refractivity contribution in [2.24, 2.45) is 0 Å². The molecule has 0 radical (unpaired) electrons. The maximum atomic E-state index is 12.9. The Bertz CT molecular complexity index is 1350. The van der Waals surface area contributed by atoms with Crippen LogP contribution in [-0.4, -0.2) is 45.9 Å². The highest BCUT2D eigenvalue weighted by atomic mass is 16.2. The molecule has 3 aromatic rings. The number of carbonyl (C=O) groups is 3. The summed E-state index contributed by atoms with van der Waals surface area (Å²) in [6.45, 7) is 1.46. The number of fused-ring (bicyclic) bond motifs is 2. The highest BCUT2D eigenvalue weighted by Crippen LogP contribution is 2.23. The normalized spacial score (nSPS) is 14.7. The first-order valence-electron chi connectivity index (χ1n) is 10.7. The fraction of sp³-hybridized carbons (Fsp3) is 0.208. The Kier molecular flexibility index (Phi) is 5.21. The Morgan fingerprint density at radius 2 is 1.79 bits per heavy atom. The van der Waals surface area contributed by atoms with Gasteiger partial charge in [-0.15, -0.1) is 0 Å². The molecule has 0 bridgehead atoms. The van der Waals surface area contributed by atoms with Gasteiger partial charge in [-0.2, -0.15) is 5.10 Å². The van der Waals surface area contributed by atoms with Crippen molar-refractivity contribution in [3.8, 4) is 0 Å². The van der Waals surface area contributed by atoms with Crippen LogP contribution in [0.15, 0.2) is 53.5 Å². The lowest BCUT2D eigenvalue weighted by Crippen LogP contribution is -2.36. The molecule has 1 aromatic heterocycles. The summed E-state index contributed by atoms with van der Waals surface area (Å²) in [4.78, 5) is 50.9. The van der Waals surface area contributed by atoms with E-state index in [0.29, 0.717) is 42.9 Å². The first-order chi connectivity index (χ1) is 16.0. The SMILES string of the molecule is O=C(Nc1ccc2c(c1)C(=O)NCC2)c1ccc2c(c1)CN(C(=O)c1cn[nH]c(=O)c1)CC2. The van der Waals surface area contributed by atoms with E-state index in [1.807, 2.05) is 12.1 Å². The van der Waals surface area contributed by atoms with Gasteiger partial charge < -0.3 is 15.5 Å². The summed E-state index contributed by atoms with van der Waals surface area (Å²) in [5.74, 6) is -0.709. The van der Waals surface area contributed by atoms with E-state index in [0.717, 1.165) is 23.1 Å². The number of aromatic nitrogens is 2. The number of hydrogen-bond acceptors (Lipinski definition) is 5. The van der Waals surface area contributed by atoms with Gasteiger partial charge in [0.05, 0.1) is 11.8 Å². The molecule has 3 N–H and O–H groups in total. The van der Waals surface area contributed by atoms with Gasteiger partial charge in [-0.05, 0) is 53.8 Å². The van der Waals surface area contributed by atoms with Gasteiger partial charge in [0.2, 0.25) is 0 Å². The van der Waals surface area contributed by atoms with Crippen molar-refractivity contribution in [1.82, 2.24) is 20.4 Å². The Morgan fingerprint density at radius 1 is 0.939 bits per heavy atom. The number of H-pyrrole nitrogens is 1. The van der Waals surface area contributed by atoms with E-state index in [4.69, 9.17) is 0 Å². The monoisotopic (exact) mass is 443 g/mol. The maximum absolute atomic E-state index is 12.9. The smallest absolute Gasteiger partial charge is 0.264 e. The summed E-state index contributed by atoms with van der Waals surface area (Å²) in [6, 6.07) is 12.0. The lowest BCUT2D eigenvalue weighted by Gasteiger charge is -2.29. The van der Waals surface area contributed by atoms with Gasteiger partial charge in [-0.25, -0.2) is 5.10 Å². The van der Waals surface area contributed by atoms with Crippen molar-refractivity contribution in [1.29, 1.82) is 0 Å². The van der Waals surface area contributed by atoms with E-state index >= 15 is 0 Å². The molecule has 0 saturated carbocycles. The Hall–Kier alpha value is -4.27. The number of aromatic amines is 1. The molecule has 9 nitrogen and oxygen atoms in total. The van der Waals surface area contributed by atoms with Crippen molar-refractivity contribution < 1.29 is 14.4 Å². The zero-order chi connectivity index (χ0) is 22.9. The second-order valence-corrected chi connectivity index (χ2v) is 8.13. The molecule has 0 unspecified atom stereocenters. The standard InChI is InChI=1S/C24H21N5O4/c30-21-10-17(12-26-28-21)24(33)29-8-6-14-1-2-16(9-18(14)13-29)22(31)27-19-4-3-15-5-7-25-23(32)20(15)11-19/h1-4,9-12H,5-8,13H2,(H,25,32)(H,27,31)(H,28,30). The third-order valence-corrected chi connectivity index (χ3v) is 5.97. The van der Waals surface area contributed by atoms with E-state index in [1.54, 1.807) is 29.2 Å². The quantitative estimate of drug-likeness (QED) is 0.566. The summed E-state index contributed by atoms with van der Waals surface area (Å²) < 4.78 is 0. The molecule has 2 aliphatic rings. The summed E-state index contributed by atoms with van der Waals surface area (Å²) in [6.07, 6.45) is 2.75. The molecule has 9 heteroatoms. The highest BCUT2D eigenvalue weighted by molar-refractivity contribution is 6.05. The number of nitrogens with one attached hydrogen (secondary N) is 3. The molecular formula is C24H21N5O4. The molecule has 166 valence electrons. The zero-order valence-corrected chi connectivity index (χ0v) is 17.7. The number of nitrogens with zero attached hydrogens (tertiary/aromatic N) is 2. The first-order valence-corrected chi connectivity index (χ1v) is 10.7. The molecule has 5 rings (SSSR count). The number of amides is 3. The average molecular weight is 443 g/mol. The minimum Gasteiger partial charge on any atom is -0.352 e. The van der Waals surface area contributed by atoms with Gasteiger partial charge in [0.15, 0.2) is 0 Å². The van der Waals surface area contributed by atoms with Crippen LogP contribution in [0.4, 0.5) is 5.69 Å². The Labute approximate surface area is 188 Å². The van der Waals surface area contributed by atoms with Gasteiger partial charge in [-0.1, -0.05) is 12.1 Å². The summed E-state index contributed by atoms with van der Waals surface area (Å²) in [7, 11) is 0. The minimum absolute atomic E-state index is 0.138. The van der Waals surface area contributed by atoms with E-state index in [-0.39, 0.29) is 23.3 Å². The topological polar surface area (TPSA) is 124 Å². The van der Waals surface area contributed by atoms with E-state index in [2.05, 4.69) is 20.8 Å². The Morgan fingerprint density at radius 3 is 2.64 bits per heavy atom. The molecule has 0 saturated heterocycles. The van der Waals surface area contributed by atoms with Crippen molar-refractivity contribution >= 4 is 23.4 Å². The number of benzene rings is 2.